The van der Waals surface area contributed by atoms with E-state index >= 15 is 0 Å². The number of fused-ring (bicyclic) bond motifs is 1. The van der Waals surface area contributed by atoms with Gasteiger partial charge in [-0.3, -0.25) is 10.1 Å². The first-order valence-electron chi connectivity index (χ1n) is 9.96. The SMILES string of the molecule is COc1ccc2nc(NC(=O)COC(=O)c3cccc(S(=O)(=O)N4CCOCC4)c3)sc2c1. The van der Waals surface area contributed by atoms with Gasteiger partial charge in [0.25, 0.3) is 5.91 Å². The number of anilines is 1. The number of nitrogens with zero attached hydrogens (tertiary/aromatic N) is 2. The summed E-state index contributed by atoms with van der Waals surface area (Å²) in [5.41, 5.74) is 0.732. The lowest BCUT2D eigenvalue weighted by Gasteiger charge is -2.26. The number of rotatable bonds is 7. The lowest BCUT2D eigenvalue weighted by molar-refractivity contribution is -0.119. The topological polar surface area (TPSA) is 124 Å². The van der Waals surface area contributed by atoms with Crippen LogP contribution in [-0.4, -0.2) is 69.6 Å². The Labute approximate surface area is 194 Å². The van der Waals surface area contributed by atoms with Crippen LogP contribution in [0.2, 0.25) is 0 Å². The van der Waals surface area contributed by atoms with Gasteiger partial charge in [-0.15, -0.1) is 0 Å². The third-order valence-electron chi connectivity index (χ3n) is 4.85. The lowest BCUT2D eigenvalue weighted by atomic mass is 10.2. The molecule has 1 amide bonds. The van der Waals surface area contributed by atoms with E-state index in [2.05, 4.69) is 10.3 Å². The zero-order valence-corrected chi connectivity index (χ0v) is 19.3. The highest BCUT2D eigenvalue weighted by molar-refractivity contribution is 7.89. The summed E-state index contributed by atoms with van der Waals surface area (Å²) in [7, 11) is -2.20. The quantitative estimate of drug-likeness (QED) is 0.499. The molecule has 174 valence electrons. The Morgan fingerprint density at radius 2 is 1.97 bits per heavy atom. The highest BCUT2D eigenvalue weighted by Crippen LogP contribution is 2.29. The first-order valence-corrected chi connectivity index (χ1v) is 12.2. The third kappa shape index (κ3) is 5.30. The molecule has 0 radical (unpaired) electrons. The van der Waals surface area contributed by atoms with Crippen molar-refractivity contribution < 1.29 is 32.2 Å². The minimum absolute atomic E-state index is 0.0202. The van der Waals surface area contributed by atoms with Gasteiger partial charge in [0.05, 0.1) is 41.0 Å². The molecule has 1 aliphatic heterocycles. The Bertz CT molecular complexity index is 1280. The molecule has 3 aromatic rings. The number of hydrogen-bond donors (Lipinski definition) is 1. The molecule has 0 spiro atoms. The van der Waals surface area contributed by atoms with Crippen molar-refractivity contribution in [3.8, 4) is 5.75 Å². The Hall–Kier alpha value is -3.06. The maximum absolute atomic E-state index is 12.8. The van der Waals surface area contributed by atoms with E-state index in [1.165, 1.54) is 39.9 Å². The molecular weight excluding hydrogens is 470 g/mol. The van der Waals surface area contributed by atoms with Crippen molar-refractivity contribution in [1.82, 2.24) is 9.29 Å². The number of sulfonamides is 1. The minimum Gasteiger partial charge on any atom is -0.497 e. The molecule has 0 unspecified atom stereocenters. The smallest absolute Gasteiger partial charge is 0.338 e. The molecule has 1 aliphatic rings. The second-order valence-corrected chi connectivity index (χ2v) is 9.99. The number of morpholine rings is 1. The van der Waals surface area contributed by atoms with Gasteiger partial charge in [0.2, 0.25) is 10.0 Å². The Morgan fingerprint density at radius 1 is 1.18 bits per heavy atom. The van der Waals surface area contributed by atoms with Crippen LogP contribution >= 0.6 is 11.3 Å². The highest BCUT2D eigenvalue weighted by Gasteiger charge is 2.27. The Balaban J connectivity index is 1.37. The summed E-state index contributed by atoms with van der Waals surface area (Å²) in [6, 6.07) is 10.9. The molecule has 0 aliphatic carbocycles. The molecular formula is C21H21N3O7S2. The molecule has 0 bridgehead atoms. The number of nitrogens with one attached hydrogen (secondary N) is 1. The molecule has 1 aromatic heterocycles. The van der Waals surface area contributed by atoms with Gasteiger partial charge in [-0.05, 0) is 36.4 Å². The molecule has 12 heteroatoms. The van der Waals surface area contributed by atoms with Gasteiger partial charge in [-0.2, -0.15) is 4.31 Å². The second-order valence-electron chi connectivity index (χ2n) is 7.02. The predicted octanol–water partition coefficient (Wildman–Crippen LogP) is 2.12. The average molecular weight is 492 g/mol. The first-order chi connectivity index (χ1) is 15.9. The van der Waals surface area contributed by atoms with Gasteiger partial charge in [0.1, 0.15) is 5.75 Å². The average Bonchev–Trinajstić information content (AvgIpc) is 3.24. The van der Waals surface area contributed by atoms with Crippen LogP contribution < -0.4 is 10.1 Å². The van der Waals surface area contributed by atoms with E-state index in [9.17, 15) is 18.0 Å². The van der Waals surface area contributed by atoms with Crippen LogP contribution in [0.25, 0.3) is 10.2 Å². The van der Waals surface area contributed by atoms with E-state index in [1.54, 1.807) is 25.3 Å². The van der Waals surface area contributed by atoms with E-state index in [1.807, 2.05) is 0 Å². The summed E-state index contributed by atoms with van der Waals surface area (Å²) in [4.78, 5) is 28.9. The number of carbonyl (C=O) groups excluding carboxylic acids is 2. The molecule has 33 heavy (non-hydrogen) atoms. The number of benzene rings is 2. The summed E-state index contributed by atoms with van der Waals surface area (Å²) >= 11 is 1.26. The maximum atomic E-state index is 12.8. The molecule has 2 aromatic carbocycles. The number of amides is 1. The normalized spacial score (nSPS) is 14.7. The second kappa shape index (κ2) is 9.83. The molecule has 10 nitrogen and oxygen atoms in total. The summed E-state index contributed by atoms with van der Waals surface area (Å²) in [6.45, 7) is 0.584. The lowest BCUT2D eigenvalue weighted by Crippen LogP contribution is -2.40. The first kappa shape index (κ1) is 23.1. The van der Waals surface area contributed by atoms with Gasteiger partial charge in [0, 0.05) is 13.1 Å². The summed E-state index contributed by atoms with van der Waals surface area (Å²) in [6.07, 6.45) is 0. The van der Waals surface area contributed by atoms with Crippen molar-refractivity contribution >= 4 is 48.6 Å². The van der Waals surface area contributed by atoms with Crippen molar-refractivity contribution in [3.05, 3.63) is 48.0 Å². The maximum Gasteiger partial charge on any atom is 0.338 e. The third-order valence-corrected chi connectivity index (χ3v) is 7.68. The zero-order chi connectivity index (χ0) is 23.4. The van der Waals surface area contributed by atoms with E-state index in [4.69, 9.17) is 14.2 Å². The van der Waals surface area contributed by atoms with E-state index in [0.29, 0.717) is 29.6 Å². The summed E-state index contributed by atoms with van der Waals surface area (Å²) < 4.78 is 43.1. The molecule has 2 heterocycles. The van der Waals surface area contributed by atoms with Crippen LogP contribution in [0.3, 0.4) is 0 Å². The van der Waals surface area contributed by atoms with E-state index in [0.717, 1.165) is 4.70 Å². The van der Waals surface area contributed by atoms with Crippen LogP contribution in [0.15, 0.2) is 47.4 Å². The van der Waals surface area contributed by atoms with Crippen molar-refractivity contribution in [2.75, 3.05) is 45.3 Å². The van der Waals surface area contributed by atoms with E-state index in [-0.39, 0.29) is 23.5 Å². The number of aromatic nitrogens is 1. The number of carbonyl (C=O) groups is 2. The fourth-order valence-electron chi connectivity index (χ4n) is 3.17. The predicted molar refractivity (Wildman–Crippen MR) is 121 cm³/mol. The van der Waals surface area contributed by atoms with Gasteiger partial charge >= 0.3 is 5.97 Å². The number of ether oxygens (including phenoxy) is 3. The van der Waals surface area contributed by atoms with E-state index < -0.39 is 28.5 Å². The van der Waals surface area contributed by atoms with Crippen molar-refractivity contribution in [2.45, 2.75) is 4.90 Å². The number of thiazole rings is 1. The largest absolute Gasteiger partial charge is 0.497 e. The van der Waals surface area contributed by atoms with Crippen molar-refractivity contribution in [2.24, 2.45) is 0 Å². The van der Waals surface area contributed by atoms with Gasteiger partial charge < -0.3 is 14.2 Å². The fourth-order valence-corrected chi connectivity index (χ4v) is 5.54. The van der Waals surface area contributed by atoms with Crippen molar-refractivity contribution in [3.63, 3.8) is 0 Å². The van der Waals surface area contributed by atoms with Gasteiger partial charge in [0.15, 0.2) is 11.7 Å². The number of hydrogen-bond acceptors (Lipinski definition) is 9. The molecule has 1 fully saturated rings. The van der Waals surface area contributed by atoms with Crippen LogP contribution in [0.1, 0.15) is 10.4 Å². The van der Waals surface area contributed by atoms with Crippen molar-refractivity contribution in [1.29, 1.82) is 0 Å². The minimum atomic E-state index is -3.76. The van der Waals surface area contributed by atoms with Gasteiger partial charge in [-0.25, -0.2) is 18.2 Å². The van der Waals surface area contributed by atoms with Gasteiger partial charge in [-0.1, -0.05) is 17.4 Å². The number of esters is 1. The Morgan fingerprint density at radius 3 is 2.73 bits per heavy atom. The number of methoxy groups -OCH3 is 1. The fraction of sp³-hybridized carbons (Fsp3) is 0.286. The highest BCUT2D eigenvalue weighted by atomic mass is 32.2. The molecule has 0 saturated carbocycles. The molecule has 1 saturated heterocycles. The molecule has 0 atom stereocenters. The van der Waals surface area contributed by atoms with Crippen LogP contribution in [0.4, 0.5) is 5.13 Å². The zero-order valence-electron chi connectivity index (χ0n) is 17.6. The van der Waals surface area contributed by atoms with Crippen LogP contribution in [0, 0.1) is 0 Å². The summed E-state index contributed by atoms with van der Waals surface area (Å²) in [5.74, 6) is -0.694. The monoisotopic (exact) mass is 491 g/mol. The molecule has 4 rings (SSSR count). The van der Waals surface area contributed by atoms with Crippen LogP contribution in [0.5, 0.6) is 5.75 Å². The molecule has 1 N–H and O–H groups in total. The standard InChI is InChI=1S/C21H21N3O7S2/c1-29-15-5-6-17-18(12-15)32-21(22-17)23-19(25)13-31-20(26)14-3-2-4-16(11-14)33(27,28)24-7-9-30-10-8-24/h2-6,11-12H,7-10,13H2,1H3,(H,22,23,25). The Kier molecular flexibility index (Phi) is 6.88. The van der Waals surface area contributed by atoms with Crippen LogP contribution in [-0.2, 0) is 24.3 Å². The summed E-state index contributed by atoms with van der Waals surface area (Å²) in [5, 5.41) is 2.95.